The van der Waals surface area contributed by atoms with E-state index in [1.165, 1.54) is 11.1 Å². The van der Waals surface area contributed by atoms with Gasteiger partial charge in [0.2, 0.25) is 0 Å². The molecule has 0 aliphatic carbocycles. The van der Waals surface area contributed by atoms with Crippen LogP contribution in [0.3, 0.4) is 0 Å². The minimum atomic E-state index is 0. The molecule has 1 aromatic heterocycles. The van der Waals surface area contributed by atoms with Gasteiger partial charge in [-0.1, -0.05) is 31.7 Å². The molecule has 3 heteroatoms. The largest absolute Gasteiger partial charge is 0.395 e. The van der Waals surface area contributed by atoms with E-state index in [0.29, 0.717) is 6.54 Å². The highest BCUT2D eigenvalue weighted by Crippen LogP contribution is 2.16. The van der Waals surface area contributed by atoms with Crippen molar-refractivity contribution < 1.29 is 9.67 Å². The molecule has 1 heterocycles. The Kier molecular flexibility index (Phi) is 7.33. The summed E-state index contributed by atoms with van der Waals surface area (Å²) in [5.41, 5.74) is 3.51. The van der Waals surface area contributed by atoms with Gasteiger partial charge in [0.25, 0.3) is 0 Å². The Hall–Kier alpha value is -2.13. The quantitative estimate of drug-likeness (QED) is 0.830. The zero-order chi connectivity index (χ0) is 15.1. The van der Waals surface area contributed by atoms with Crippen molar-refractivity contribution in [1.29, 1.82) is 0 Å². The predicted octanol–water partition coefficient (Wildman–Crippen LogP) is 3.14. The summed E-state index contributed by atoms with van der Waals surface area (Å²) in [4.78, 5) is 2.16. The van der Waals surface area contributed by atoms with Crippen LogP contribution in [0.4, 0.5) is 5.69 Å². The Balaban J connectivity index is 0.00000242. The number of rotatable bonds is 6. The topological polar surface area (TPSA) is 27.3 Å². The Morgan fingerprint density at radius 2 is 1.55 bits per heavy atom. The van der Waals surface area contributed by atoms with Gasteiger partial charge in [-0.05, 0) is 30.2 Å². The minimum absolute atomic E-state index is 0. The van der Waals surface area contributed by atoms with Crippen molar-refractivity contribution >= 4 is 17.8 Å². The normalized spacial score (nSPS) is 10.5. The third kappa shape index (κ3) is 5.01. The van der Waals surface area contributed by atoms with E-state index >= 15 is 0 Å². The first kappa shape index (κ1) is 17.9. The Labute approximate surface area is 134 Å². The molecule has 0 radical (unpaired) electrons. The van der Waals surface area contributed by atoms with E-state index in [0.717, 1.165) is 12.2 Å². The fraction of sp³-hybridized carbons (Fsp3) is 0.316. The zero-order valence-electron chi connectivity index (χ0n) is 12.7. The van der Waals surface area contributed by atoms with Gasteiger partial charge in [0.15, 0.2) is 12.4 Å². The third-order valence-corrected chi connectivity index (χ3v) is 3.48. The zero-order valence-corrected chi connectivity index (χ0v) is 12.7. The maximum Gasteiger partial charge on any atom is 0.169 e. The lowest BCUT2D eigenvalue weighted by atomic mass is 10.1. The van der Waals surface area contributed by atoms with Gasteiger partial charge in [0.1, 0.15) is 7.05 Å². The maximum absolute atomic E-state index is 9.06. The van der Waals surface area contributed by atoms with Gasteiger partial charge in [-0.3, -0.25) is 0 Å². The third-order valence-electron chi connectivity index (χ3n) is 3.48. The molecule has 0 saturated carbocycles. The van der Waals surface area contributed by atoms with Crippen LogP contribution >= 0.6 is 0 Å². The summed E-state index contributed by atoms with van der Waals surface area (Å²) in [5.74, 6) is 0. The number of aliphatic hydroxyl groups excluding tert-OH is 1. The second-order valence-corrected chi connectivity index (χ2v) is 5.03. The van der Waals surface area contributed by atoms with Crippen LogP contribution in [-0.4, -0.2) is 24.8 Å². The average molecular weight is 299 g/mol. The molecule has 22 heavy (non-hydrogen) atoms. The molecule has 0 spiro atoms. The van der Waals surface area contributed by atoms with Crippen LogP contribution < -0.4 is 9.47 Å². The highest BCUT2D eigenvalue weighted by molar-refractivity contribution is 5.70. The van der Waals surface area contributed by atoms with Gasteiger partial charge in [-0.2, -0.15) is 0 Å². The number of hydrogen-bond acceptors (Lipinski definition) is 2. The first-order valence-corrected chi connectivity index (χ1v) is 7.32. The highest BCUT2D eigenvalue weighted by Gasteiger charge is 2.02. The molecule has 0 unspecified atom stereocenters. The molecule has 1 aromatic carbocycles. The molecule has 0 saturated heterocycles. The Bertz CT molecular complexity index is 573. The number of aromatic nitrogens is 1. The first-order chi connectivity index (χ1) is 10.2. The molecule has 2 rings (SSSR count). The van der Waals surface area contributed by atoms with E-state index in [1.54, 1.807) is 0 Å². The summed E-state index contributed by atoms with van der Waals surface area (Å²) >= 11 is 0. The second-order valence-electron chi connectivity index (χ2n) is 5.03. The van der Waals surface area contributed by atoms with Crippen LogP contribution in [0.2, 0.25) is 0 Å². The van der Waals surface area contributed by atoms with Crippen molar-refractivity contribution in [3.05, 3.63) is 59.9 Å². The molecular formula is C19H27N2O+. The second kappa shape index (κ2) is 9.00. The lowest BCUT2D eigenvalue weighted by molar-refractivity contribution is -0.671. The minimum Gasteiger partial charge on any atom is -0.395 e. The van der Waals surface area contributed by atoms with E-state index < -0.39 is 0 Å². The molecule has 118 valence electrons. The summed E-state index contributed by atoms with van der Waals surface area (Å²) in [6.07, 6.45) is 8.30. The van der Waals surface area contributed by atoms with Crippen LogP contribution in [0, 0.1) is 0 Å². The highest BCUT2D eigenvalue weighted by atomic mass is 16.3. The van der Waals surface area contributed by atoms with Crippen LogP contribution in [-0.2, 0) is 7.05 Å². The fourth-order valence-corrected chi connectivity index (χ4v) is 2.20. The standard InChI is InChI=1S/C18H23N2O.CH4/c1-3-20(14-15-21)18-8-6-16(7-9-18)4-5-17-10-12-19(2)13-11-17;/h4-13,21H,3,14-15H2,1-2H3;1H4/q+1;. The number of likely N-dealkylation sites (N-methyl/N-ethyl adjacent to an activating group) is 1. The van der Waals surface area contributed by atoms with Gasteiger partial charge in [-0.25, -0.2) is 4.57 Å². The molecule has 3 nitrogen and oxygen atoms in total. The molecule has 0 aliphatic heterocycles. The number of pyridine rings is 1. The summed E-state index contributed by atoms with van der Waals surface area (Å²) < 4.78 is 2.02. The number of aliphatic hydroxyl groups is 1. The van der Waals surface area contributed by atoms with Gasteiger partial charge in [0, 0.05) is 30.9 Å². The van der Waals surface area contributed by atoms with Crippen LogP contribution in [0.5, 0.6) is 0 Å². The van der Waals surface area contributed by atoms with E-state index in [9.17, 15) is 0 Å². The lowest BCUT2D eigenvalue weighted by Crippen LogP contribution is -2.25. The molecule has 1 N–H and O–H groups in total. The summed E-state index contributed by atoms with van der Waals surface area (Å²) in [6.45, 7) is 3.85. The monoisotopic (exact) mass is 299 g/mol. The predicted molar refractivity (Wildman–Crippen MR) is 94.7 cm³/mol. The molecule has 0 atom stereocenters. The number of benzene rings is 1. The van der Waals surface area contributed by atoms with Crippen LogP contribution in [0.15, 0.2) is 48.8 Å². The van der Waals surface area contributed by atoms with E-state index in [1.807, 2.05) is 24.0 Å². The molecule has 2 aromatic rings. The van der Waals surface area contributed by atoms with Crippen molar-refractivity contribution in [3.8, 4) is 0 Å². The Morgan fingerprint density at radius 3 is 2.05 bits per heavy atom. The average Bonchev–Trinajstić information content (AvgIpc) is 2.53. The van der Waals surface area contributed by atoms with E-state index in [4.69, 9.17) is 5.11 Å². The van der Waals surface area contributed by atoms with Crippen molar-refractivity contribution in [2.24, 2.45) is 7.05 Å². The van der Waals surface area contributed by atoms with Crippen LogP contribution in [0.1, 0.15) is 25.5 Å². The summed E-state index contributed by atoms with van der Waals surface area (Å²) in [7, 11) is 2.01. The molecule has 0 amide bonds. The number of aryl methyl sites for hydroxylation is 1. The van der Waals surface area contributed by atoms with Gasteiger partial charge < -0.3 is 10.0 Å². The molecule has 0 fully saturated rings. The molecule has 0 aliphatic rings. The van der Waals surface area contributed by atoms with Crippen molar-refractivity contribution in [2.75, 3.05) is 24.6 Å². The Morgan fingerprint density at radius 1 is 1.00 bits per heavy atom. The van der Waals surface area contributed by atoms with Gasteiger partial charge in [-0.15, -0.1) is 0 Å². The van der Waals surface area contributed by atoms with Gasteiger partial charge in [0.05, 0.1) is 6.61 Å². The fourth-order valence-electron chi connectivity index (χ4n) is 2.20. The summed E-state index contributed by atoms with van der Waals surface area (Å²) in [5, 5.41) is 9.06. The SMILES string of the molecule is C.CCN(CCO)c1ccc(/C=C/c2cc[n+](C)cc2)cc1. The van der Waals surface area contributed by atoms with Crippen LogP contribution in [0.25, 0.3) is 12.2 Å². The first-order valence-electron chi connectivity index (χ1n) is 7.32. The van der Waals surface area contributed by atoms with E-state index in [-0.39, 0.29) is 14.0 Å². The summed E-state index contributed by atoms with van der Waals surface area (Å²) in [6, 6.07) is 12.6. The number of anilines is 1. The maximum atomic E-state index is 9.06. The lowest BCUT2D eigenvalue weighted by Gasteiger charge is -2.21. The van der Waals surface area contributed by atoms with Crippen molar-refractivity contribution in [2.45, 2.75) is 14.4 Å². The number of hydrogen-bond donors (Lipinski definition) is 1. The molecular weight excluding hydrogens is 272 g/mol. The molecule has 0 bridgehead atoms. The smallest absolute Gasteiger partial charge is 0.169 e. The van der Waals surface area contributed by atoms with Gasteiger partial charge >= 0.3 is 0 Å². The van der Waals surface area contributed by atoms with Crippen molar-refractivity contribution in [3.63, 3.8) is 0 Å². The number of nitrogens with zero attached hydrogens (tertiary/aromatic N) is 2. The van der Waals surface area contributed by atoms with E-state index in [2.05, 4.69) is 60.4 Å². The van der Waals surface area contributed by atoms with Crippen molar-refractivity contribution in [1.82, 2.24) is 0 Å².